The lowest BCUT2D eigenvalue weighted by molar-refractivity contribution is 0.415. The van der Waals surface area contributed by atoms with E-state index in [0.717, 1.165) is 27.7 Å². The lowest BCUT2D eigenvalue weighted by Gasteiger charge is -2.16. The van der Waals surface area contributed by atoms with Crippen molar-refractivity contribution in [1.29, 1.82) is 0 Å². The lowest BCUT2D eigenvalue weighted by atomic mass is 10.2. The van der Waals surface area contributed by atoms with Gasteiger partial charge in [0.15, 0.2) is 5.16 Å². The number of nitrogens with one attached hydrogen (secondary N) is 1. The number of rotatable bonds is 5. The molecule has 0 fully saturated rings. The van der Waals surface area contributed by atoms with E-state index in [9.17, 15) is 0 Å². The molecule has 0 saturated heterocycles. The summed E-state index contributed by atoms with van der Waals surface area (Å²) in [6.45, 7) is 0. The first kappa shape index (κ1) is 14.8. The minimum Gasteiger partial charge on any atom is -0.497 e. The number of methoxy groups -OCH3 is 1. The minimum absolute atomic E-state index is 0.839. The zero-order valence-electron chi connectivity index (χ0n) is 13.0. The molecule has 0 unspecified atom stereocenters. The summed E-state index contributed by atoms with van der Waals surface area (Å²) in [6, 6.07) is 14.3. The van der Waals surface area contributed by atoms with Gasteiger partial charge >= 0.3 is 0 Å². The highest BCUT2D eigenvalue weighted by molar-refractivity contribution is 7.98. The quantitative estimate of drug-likeness (QED) is 0.725. The third kappa shape index (κ3) is 3.04. The van der Waals surface area contributed by atoms with Crippen molar-refractivity contribution in [3.05, 3.63) is 48.0 Å². The smallest absolute Gasteiger partial charge is 0.166 e. The van der Waals surface area contributed by atoms with Gasteiger partial charge in [-0.2, -0.15) is 0 Å². The summed E-state index contributed by atoms with van der Waals surface area (Å²) in [5.41, 5.74) is 4.51. The maximum absolute atomic E-state index is 5.24. The van der Waals surface area contributed by atoms with E-state index in [0.29, 0.717) is 0 Å². The topological polar surface area (TPSA) is 41.1 Å². The molecule has 1 aromatic heterocycles. The van der Waals surface area contributed by atoms with Crippen LogP contribution in [-0.2, 0) is 5.75 Å². The molecule has 3 rings (SSSR count). The van der Waals surface area contributed by atoms with Gasteiger partial charge in [-0.05, 0) is 23.8 Å². The predicted octanol–water partition coefficient (Wildman–Crippen LogP) is 3.93. The summed E-state index contributed by atoms with van der Waals surface area (Å²) in [4.78, 5) is 10.1. The first-order valence-corrected chi connectivity index (χ1v) is 8.07. The number of aromatic nitrogens is 2. The molecule has 1 heterocycles. The number of anilines is 1. The number of para-hydroxylation sites is 1. The minimum atomic E-state index is 0.839. The Balaban J connectivity index is 1.79. The first-order valence-electron chi connectivity index (χ1n) is 7.09. The fourth-order valence-corrected chi connectivity index (χ4v) is 3.26. The Hall–Kier alpha value is -2.14. The molecule has 0 aliphatic rings. The lowest BCUT2D eigenvalue weighted by Crippen LogP contribution is -2.10. The highest BCUT2D eigenvalue weighted by atomic mass is 32.2. The number of aromatic amines is 1. The molecule has 0 aliphatic heterocycles. The van der Waals surface area contributed by atoms with E-state index in [4.69, 9.17) is 4.74 Å². The van der Waals surface area contributed by atoms with Crippen molar-refractivity contribution in [3.8, 4) is 5.75 Å². The van der Waals surface area contributed by atoms with E-state index >= 15 is 0 Å². The second kappa shape index (κ2) is 6.32. The fourth-order valence-electron chi connectivity index (χ4n) is 2.38. The van der Waals surface area contributed by atoms with Crippen LogP contribution in [0.2, 0.25) is 0 Å². The second-order valence-corrected chi connectivity index (χ2v) is 6.20. The van der Waals surface area contributed by atoms with Crippen LogP contribution in [0.15, 0.2) is 47.6 Å². The van der Waals surface area contributed by atoms with Gasteiger partial charge in [0.25, 0.3) is 0 Å². The molecule has 5 heteroatoms. The van der Waals surface area contributed by atoms with Crippen molar-refractivity contribution >= 4 is 28.5 Å². The molecule has 4 nitrogen and oxygen atoms in total. The number of H-pyrrole nitrogens is 1. The molecule has 1 N–H and O–H groups in total. The summed E-state index contributed by atoms with van der Waals surface area (Å²) in [5.74, 6) is 1.72. The van der Waals surface area contributed by atoms with Gasteiger partial charge in [-0.1, -0.05) is 30.0 Å². The van der Waals surface area contributed by atoms with Gasteiger partial charge < -0.3 is 14.6 Å². The van der Waals surface area contributed by atoms with E-state index in [1.165, 1.54) is 11.3 Å². The van der Waals surface area contributed by atoms with Crippen molar-refractivity contribution in [2.24, 2.45) is 0 Å². The molecule has 0 amide bonds. The number of nitrogens with zero attached hydrogens (tertiary/aromatic N) is 2. The Bertz CT molecular complexity index is 782. The van der Waals surface area contributed by atoms with E-state index in [1.807, 2.05) is 18.2 Å². The monoisotopic (exact) mass is 313 g/mol. The normalized spacial score (nSPS) is 10.9. The van der Waals surface area contributed by atoms with Crippen molar-refractivity contribution in [2.75, 3.05) is 26.1 Å². The molecule has 0 spiro atoms. The maximum atomic E-state index is 5.24. The summed E-state index contributed by atoms with van der Waals surface area (Å²) in [6.07, 6.45) is 0. The van der Waals surface area contributed by atoms with Crippen molar-refractivity contribution < 1.29 is 4.74 Å². The SMILES string of the molecule is COc1ccc2nc(SCc3ccccc3N(C)C)[nH]c2c1. The number of hydrogen-bond donors (Lipinski definition) is 1. The van der Waals surface area contributed by atoms with Gasteiger partial charge in [0.2, 0.25) is 0 Å². The third-order valence-corrected chi connectivity index (χ3v) is 4.43. The number of benzene rings is 2. The number of fused-ring (bicyclic) bond motifs is 1. The number of thioether (sulfide) groups is 1. The largest absolute Gasteiger partial charge is 0.497 e. The van der Waals surface area contributed by atoms with Crippen LogP contribution >= 0.6 is 11.8 Å². The van der Waals surface area contributed by atoms with Crippen LogP contribution in [0.5, 0.6) is 5.75 Å². The second-order valence-electron chi connectivity index (χ2n) is 5.24. The van der Waals surface area contributed by atoms with Gasteiger partial charge in [0, 0.05) is 31.6 Å². The van der Waals surface area contributed by atoms with E-state index in [-0.39, 0.29) is 0 Å². The Morgan fingerprint density at radius 2 is 2.00 bits per heavy atom. The number of imidazole rings is 1. The van der Waals surface area contributed by atoms with Crippen LogP contribution in [0.1, 0.15) is 5.56 Å². The van der Waals surface area contributed by atoms with Crippen LogP contribution in [0.3, 0.4) is 0 Å². The predicted molar refractivity (Wildman–Crippen MR) is 93.0 cm³/mol. The van der Waals surface area contributed by atoms with Crippen LogP contribution in [-0.4, -0.2) is 31.2 Å². The summed E-state index contributed by atoms with van der Waals surface area (Å²) >= 11 is 1.71. The Morgan fingerprint density at radius 1 is 1.18 bits per heavy atom. The highest BCUT2D eigenvalue weighted by Gasteiger charge is 2.08. The highest BCUT2D eigenvalue weighted by Crippen LogP contribution is 2.28. The van der Waals surface area contributed by atoms with Gasteiger partial charge in [0.05, 0.1) is 18.1 Å². The van der Waals surface area contributed by atoms with Crippen molar-refractivity contribution in [1.82, 2.24) is 9.97 Å². The zero-order chi connectivity index (χ0) is 15.5. The average molecular weight is 313 g/mol. The van der Waals surface area contributed by atoms with Crippen molar-refractivity contribution in [2.45, 2.75) is 10.9 Å². The third-order valence-electron chi connectivity index (χ3n) is 3.51. The summed E-state index contributed by atoms with van der Waals surface area (Å²) < 4.78 is 5.24. The average Bonchev–Trinajstić information content (AvgIpc) is 2.94. The van der Waals surface area contributed by atoms with Crippen LogP contribution in [0, 0.1) is 0 Å². The van der Waals surface area contributed by atoms with Crippen LogP contribution in [0.4, 0.5) is 5.69 Å². The van der Waals surface area contributed by atoms with E-state index in [2.05, 4.69) is 53.2 Å². The van der Waals surface area contributed by atoms with Gasteiger partial charge in [0.1, 0.15) is 5.75 Å². The maximum Gasteiger partial charge on any atom is 0.166 e. The Morgan fingerprint density at radius 3 is 2.77 bits per heavy atom. The molecule has 0 atom stereocenters. The standard InChI is InChI=1S/C17H19N3OS/c1-20(2)16-7-5-4-6-12(16)11-22-17-18-14-9-8-13(21-3)10-15(14)19-17/h4-10H,11H2,1-3H3,(H,18,19). The van der Waals surface area contributed by atoms with Crippen LogP contribution in [0.25, 0.3) is 11.0 Å². The molecule has 0 bridgehead atoms. The number of ether oxygens (including phenoxy) is 1. The zero-order valence-corrected chi connectivity index (χ0v) is 13.8. The fraction of sp³-hybridized carbons (Fsp3) is 0.235. The van der Waals surface area contributed by atoms with E-state index in [1.54, 1.807) is 18.9 Å². The molecule has 2 aromatic carbocycles. The first-order chi connectivity index (χ1) is 10.7. The summed E-state index contributed by atoms with van der Waals surface area (Å²) in [7, 11) is 5.80. The molecular formula is C17H19N3OS. The van der Waals surface area contributed by atoms with Gasteiger partial charge in [-0.3, -0.25) is 0 Å². The Labute approximate surface area is 134 Å². The molecule has 114 valence electrons. The molecular weight excluding hydrogens is 294 g/mol. The van der Waals surface area contributed by atoms with E-state index < -0.39 is 0 Å². The number of hydrogen-bond acceptors (Lipinski definition) is 4. The molecule has 0 aliphatic carbocycles. The Kier molecular flexibility index (Phi) is 4.24. The molecule has 3 aromatic rings. The molecule has 22 heavy (non-hydrogen) atoms. The van der Waals surface area contributed by atoms with Gasteiger partial charge in [-0.25, -0.2) is 4.98 Å². The van der Waals surface area contributed by atoms with Gasteiger partial charge in [-0.15, -0.1) is 0 Å². The molecule has 0 radical (unpaired) electrons. The van der Waals surface area contributed by atoms with Crippen LogP contribution < -0.4 is 9.64 Å². The molecule has 0 saturated carbocycles. The van der Waals surface area contributed by atoms with Crippen molar-refractivity contribution in [3.63, 3.8) is 0 Å². The summed E-state index contributed by atoms with van der Waals surface area (Å²) in [5, 5.41) is 0.928.